The van der Waals surface area contributed by atoms with Gasteiger partial charge in [-0.25, -0.2) is 4.39 Å². The average molecular weight is 142 g/mol. The molecule has 1 aromatic rings. The Morgan fingerprint density at radius 2 is 1.90 bits per heavy atom. The molecule has 0 saturated heterocycles. The van der Waals surface area contributed by atoms with Gasteiger partial charge in [0.1, 0.15) is 12.4 Å². The van der Waals surface area contributed by atoms with Gasteiger partial charge in [-0.1, -0.05) is 18.2 Å². The third kappa shape index (κ3) is 1.70. The molecule has 0 aliphatic rings. The van der Waals surface area contributed by atoms with Crippen LogP contribution in [0.2, 0.25) is 0 Å². The molecule has 1 aromatic carbocycles. The lowest BCUT2D eigenvalue weighted by Crippen LogP contribution is -1.76. The van der Waals surface area contributed by atoms with Gasteiger partial charge in [0.2, 0.25) is 0 Å². The summed E-state index contributed by atoms with van der Waals surface area (Å²) >= 11 is 0. The SMILES string of the molecule is Oc1ccccc1CF.[O]. The van der Waals surface area contributed by atoms with E-state index in [2.05, 4.69) is 0 Å². The fourth-order valence-electron chi connectivity index (χ4n) is 0.624. The first kappa shape index (κ1) is 8.91. The monoisotopic (exact) mass is 142 g/mol. The Kier molecular flexibility index (Phi) is 3.43. The first-order chi connectivity index (χ1) is 4.34. The molecule has 0 aliphatic heterocycles. The van der Waals surface area contributed by atoms with Crippen molar-refractivity contribution >= 4 is 0 Å². The summed E-state index contributed by atoms with van der Waals surface area (Å²) < 4.78 is 11.8. The number of phenolic OH excluding ortho intramolecular Hbond substituents is 1. The molecule has 10 heavy (non-hydrogen) atoms. The van der Waals surface area contributed by atoms with Gasteiger partial charge in [0.15, 0.2) is 0 Å². The van der Waals surface area contributed by atoms with Crippen molar-refractivity contribution in [1.29, 1.82) is 0 Å². The molecule has 0 amide bonds. The van der Waals surface area contributed by atoms with Crippen molar-refractivity contribution in [1.82, 2.24) is 0 Å². The van der Waals surface area contributed by atoms with Crippen LogP contribution in [-0.4, -0.2) is 5.11 Å². The molecule has 0 spiro atoms. The van der Waals surface area contributed by atoms with Crippen LogP contribution in [0.15, 0.2) is 24.3 Å². The van der Waals surface area contributed by atoms with Gasteiger partial charge in [-0.2, -0.15) is 0 Å². The minimum Gasteiger partial charge on any atom is -0.508 e. The molecule has 0 bridgehead atoms. The zero-order valence-corrected chi connectivity index (χ0v) is 5.25. The number of rotatable bonds is 1. The molecule has 0 aromatic heterocycles. The van der Waals surface area contributed by atoms with E-state index in [1.54, 1.807) is 18.2 Å². The number of benzene rings is 1. The summed E-state index contributed by atoms with van der Waals surface area (Å²) in [6.07, 6.45) is 0. The van der Waals surface area contributed by atoms with E-state index in [4.69, 9.17) is 5.11 Å². The molecule has 54 valence electrons. The highest BCUT2D eigenvalue weighted by atomic mass is 19.1. The van der Waals surface area contributed by atoms with Crippen LogP contribution in [0.5, 0.6) is 5.75 Å². The normalized spacial score (nSPS) is 8.50. The number of hydrogen-bond donors (Lipinski definition) is 1. The largest absolute Gasteiger partial charge is 0.508 e. The van der Waals surface area contributed by atoms with Crippen molar-refractivity contribution in [2.24, 2.45) is 0 Å². The van der Waals surface area contributed by atoms with E-state index in [0.29, 0.717) is 5.56 Å². The summed E-state index contributed by atoms with van der Waals surface area (Å²) in [7, 11) is 0. The van der Waals surface area contributed by atoms with Crippen LogP contribution < -0.4 is 0 Å². The molecule has 0 heterocycles. The Balaban J connectivity index is 0.000000810. The fraction of sp³-hybridized carbons (Fsp3) is 0.143. The molecule has 1 rings (SSSR count). The van der Waals surface area contributed by atoms with Gasteiger partial charge in [0, 0.05) is 11.0 Å². The van der Waals surface area contributed by atoms with Crippen LogP contribution in [0.4, 0.5) is 4.39 Å². The molecular weight excluding hydrogens is 135 g/mol. The molecular formula is C7H7FO2. The second kappa shape index (κ2) is 3.85. The smallest absolute Gasteiger partial charge is 0.121 e. The Bertz CT molecular complexity index is 201. The summed E-state index contributed by atoms with van der Waals surface area (Å²) in [6, 6.07) is 6.37. The maximum Gasteiger partial charge on any atom is 0.121 e. The van der Waals surface area contributed by atoms with Gasteiger partial charge in [0.25, 0.3) is 0 Å². The molecule has 0 fully saturated rings. The Hall–Kier alpha value is -1.09. The Morgan fingerprint density at radius 3 is 2.30 bits per heavy atom. The third-order valence-electron chi connectivity index (χ3n) is 1.14. The van der Waals surface area contributed by atoms with Crippen LogP contribution in [-0.2, 0) is 12.2 Å². The molecule has 0 saturated carbocycles. The summed E-state index contributed by atoms with van der Waals surface area (Å²) in [5, 5.41) is 8.87. The van der Waals surface area contributed by atoms with E-state index in [0.717, 1.165) is 0 Å². The molecule has 0 unspecified atom stereocenters. The van der Waals surface area contributed by atoms with Crippen LogP contribution in [0.3, 0.4) is 0 Å². The minimum absolute atomic E-state index is 0. The van der Waals surface area contributed by atoms with E-state index >= 15 is 0 Å². The highest BCUT2D eigenvalue weighted by Gasteiger charge is 1.94. The van der Waals surface area contributed by atoms with Gasteiger partial charge < -0.3 is 5.11 Å². The second-order valence-corrected chi connectivity index (χ2v) is 1.76. The third-order valence-corrected chi connectivity index (χ3v) is 1.14. The lowest BCUT2D eigenvalue weighted by atomic mass is 10.2. The first-order valence-electron chi connectivity index (χ1n) is 2.67. The van der Waals surface area contributed by atoms with Gasteiger partial charge in [-0.05, 0) is 6.07 Å². The summed E-state index contributed by atoms with van der Waals surface area (Å²) in [4.78, 5) is 0. The number of phenols is 1. The van der Waals surface area contributed by atoms with Crippen LogP contribution in [0.1, 0.15) is 5.56 Å². The number of hydrogen-bond acceptors (Lipinski definition) is 1. The zero-order valence-electron chi connectivity index (χ0n) is 5.25. The van der Waals surface area contributed by atoms with E-state index in [9.17, 15) is 4.39 Å². The van der Waals surface area contributed by atoms with Crippen molar-refractivity contribution in [3.63, 3.8) is 0 Å². The highest BCUT2D eigenvalue weighted by molar-refractivity contribution is 5.30. The van der Waals surface area contributed by atoms with Gasteiger partial charge >= 0.3 is 0 Å². The number of aromatic hydroxyl groups is 1. The zero-order chi connectivity index (χ0) is 6.69. The van der Waals surface area contributed by atoms with Crippen molar-refractivity contribution in [3.8, 4) is 5.75 Å². The predicted molar refractivity (Wildman–Crippen MR) is 33.6 cm³/mol. The fourth-order valence-corrected chi connectivity index (χ4v) is 0.624. The van der Waals surface area contributed by atoms with Gasteiger partial charge in [-0.3, -0.25) is 0 Å². The molecule has 3 heteroatoms. The first-order valence-corrected chi connectivity index (χ1v) is 2.67. The van der Waals surface area contributed by atoms with Crippen LogP contribution in [0.25, 0.3) is 0 Å². The number of para-hydroxylation sites is 1. The molecule has 1 N–H and O–H groups in total. The topological polar surface area (TPSA) is 48.7 Å². The summed E-state index contributed by atoms with van der Waals surface area (Å²) in [6.45, 7) is -0.604. The van der Waals surface area contributed by atoms with Crippen molar-refractivity contribution in [3.05, 3.63) is 29.8 Å². The minimum atomic E-state index is -0.604. The lowest BCUT2D eigenvalue weighted by Gasteiger charge is -1.95. The number of alkyl halides is 1. The van der Waals surface area contributed by atoms with Crippen LogP contribution >= 0.6 is 0 Å². The summed E-state index contributed by atoms with van der Waals surface area (Å²) in [5.74, 6) is 0.0278. The molecule has 0 aliphatic carbocycles. The quantitative estimate of drug-likeness (QED) is 0.637. The molecule has 2 radical (unpaired) electrons. The van der Waals surface area contributed by atoms with Crippen molar-refractivity contribution < 1.29 is 15.0 Å². The average Bonchev–Trinajstić information content (AvgIpc) is 1.89. The lowest BCUT2D eigenvalue weighted by molar-refractivity contribution is 0.433. The van der Waals surface area contributed by atoms with E-state index < -0.39 is 6.67 Å². The van der Waals surface area contributed by atoms with Gasteiger partial charge in [-0.15, -0.1) is 0 Å². The van der Waals surface area contributed by atoms with E-state index in [1.165, 1.54) is 6.07 Å². The van der Waals surface area contributed by atoms with E-state index in [1.807, 2.05) is 0 Å². The molecule has 0 atom stereocenters. The van der Waals surface area contributed by atoms with Crippen molar-refractivity contribution in [2.75, 3.05) is 0 Å². The summed E-state index contributed by atoms with van der Waals surface area (Å²) in [5.41, 5.74) is 0.345. The van der Waals surface area contributed by atoms with Crippen LogP contribution in [0, 0.1) is 0 Å². The maximum atomic E-state index is 11.8. The van der Waals surface area contributed by atoms with Crippen molar-refractivity contribution in [2.45, 2.75) is 6.67 Å². The number of halogens is 1. The second-order valence-electron chi connectivity index (χ2n) is 1.76. The Labute approximate surface area is 58.2 Å². The van der Waals surface area contributed by atoms with E-state index in [-0.39, 0.29) is 11.2 Å². The predicted octanol–water partition coefficient (Wildman–Crippen LogP) is 1.74. The maximum absolute atomic E-state index is 11.8. The van der Waals surface area contributed by atoms with Gasteiger partial charge in [0.05, 0.1) is 0 Å². The standard InChI is InChI=1S/C7H7FO.O/c8-5-6-3-1-2-4-7(6)9;/h1-4,9H,5H2;. The molecule has 2 nitrogen and oxygen atoms in total. The highest BCUT2D eigenvalue weighted by Crippen LogP contribution is 2.15. The Morgan fingerprint density at radius 1 is 1.30 bits per heavy atom.